The minimum atomic E-state index is -0.0983. The van der Waals surface area contributed by atoms with Gasteiger partial charge in [0, 0.05) is 11.6 Å². The van der Waals surface area contributed by atoms with Crippen LogP contribution >= 0.6 is 22.9 Å². The van der Waals surface area contributed by atoms with Crippen LogP contribution in [0.25, 0.3) is 0 Å². The molecule has 0 bridgehead atoms. The Morgan fingerprint density at radius 3 is 2.76 bits per heavy atom. The van der Waals surface area contributed by atoms with Gasteiger partial charge in [-0.25, -0.2) is 0 Å². The van der Waals surface area contributed by atoms with Gasteiger partial charge in [-0.15, -0.1) is 11.3 Å². The molecule has 0 atom stereocenters. The van der Waals surface area contributed by atoms with Crippen LogP contribution in [-0.2, 0) is 6.54 Å². The monoisotopic (exact) mass is 318 g/mol. The van der Waals surface area contributed by atoms with E-state index in [1.165, 1.54) is 11.3 Å². The zero-order valence-electron chi connectivity index (χ0n) is 11.6. The number of carbonyl (C=O) groups excluding carboxylic acids is 1. The number of nitrogens with two attached hydrogens (primary N) is 1. The van der Waals surface area contributed by atoms with Crippen LogP contribution < -0.4 is 11.1 Å². The SMILES string of the molecule is Cc1cc(C(=O)NCc2ccc(Cl)cc2)sc1C#CCN. The van der Waals surface area contributed by atoms with Crippen LogP contribution in [0.15, 0.2) is 30.3 Å². The number of hydrogen-bond acceptors (Lipinski definition) is 3. The zero-order valence-corrected chi connectivity index (χ0v) is 13.1. The summed E-state index contributed by atoms with van der Waals surface area (Å²) in [5, 5.41) is 3.57. The molecule has 0 spiro atoms. The highest BCUT2D eigenvalue weighted by molar-refractivity contribution is 7.14. The van der Waals surface area contributed by atoms with Crippen LogP contribution in [0.1, 0.15) is 25.7 Å². The molecule has 3 N–H and O–H groups in total. The lowest BCUT2D eigenvalue weighted by atomic mass is 10.2. The first kappa shape index (κ1) is 15.6. The lowest BCUT2D eigenvalue weighted by Gasteiger charge is -2.03. The van der Waals surface area contributed by atoms with Crippen LogP contribution in [0.2, 0.25) is 5.02 Å². The van der Waals surface area contributed by atoms with E-state index in [0.29, 0.717) is 23.0 Å². The van der Waals surface area contributed by atoms with Crippen molar-refractivity contribution in [3.05, 3.63) is 56.2 Å². The third-order valence-corrected chi connectivity index (χ3v) is 4.22. The molecule has 2 aromatic rings. The molecule has 1 heterocycles. The summed E-state index contributed by atoms with van der Waals surface area (Å²) < 4.78 is 0. The van der Waals surface area contributed by atoms with Gasteiger partial charge >= 0.3 is 0 Å². The standard InChI is InChI=1S/C16H15ClN2OS/c1-11-9-15(21-14(11)3-2-8-18)16(20)19-10-12-4-6-13(17)7-5-12/h4-7,9H,8,10,18H2,1H3,(H,19,20). The summed E-state index contributed by atoms with van der Waals surface area (Å²) >= 11 is 7.21. The molecule has 3 nitrogen and oxygen atoms in total. The first-order chi connectivity index (χ1) is 10.1. The van der Waals surface area contributed by atoms with Gasteiger partial charge in [0.05, 0.1) is 16.3 Å². The fourth-order valence-electron chi connectivity index (χ4n) is 1.72. The van der Waals surface area contributed by atoms with Crippen molar-refractivity contribution < 1.29 is 4.79 Å². The van der Waals surface area contributed by atoms with E-state index < -0.39 is 0 Å². The van der Waals surface area contributed by atoms with Gasteiger partial charge in [-0.2, -0.15) is 0 Å². The fourth-order valence-corrected chi connectivity index (χ4v) is 2.81. The Kier molecular flexibility index (Phi) is 5.40. The summed E-state index contributed by atoms with van der Waals surface area (Å²) in [6, 6.07) is 9.24. The summed E-state index contributed by atoms with van der Waals surface area (Å²) in [7, 11) is 0. The van der Waals surface area contributed by atoms with Crippen LogP contribution in [0, 0.1) is 18.8 Å². The average Bonchev–Trinajstić information content (AvgIpc) is 2.85. The zero-order chi connectivity index (χ0) is 15.2. The molecule has 0 aliphatic rings. The van der Waals surface area contributed by atoms with E-state index in [4.69, 9.17) is 17.3 Å². The lowest BCUT2D eigenvalue weighted by molar-refractivity contribution is 0.0955. The maximum atomic E-state index is 12.1. The van der Waals surface area contributed by atoms with E-state index in [1.54, 1.807) is 12.1 Å². The number of carbonyl (C=O) groups is 1. The van der Waals surface area contributed by atoms with Crippen molar-refractivity contribution in [1.82, 2.24) is 5.32 Å². The number of benzene rings is 1. The van der Waals surface area contributed by atoms with E-state index >= 15 is 0 Å². The normalized spacial score (nSPS) is 9.86. The Balaban J connectivity index is 2.02. The number of thiophene rings is 1. The number of halogens is 1. The van der Waals surface area contributed by atoms with Gasteiger partial charge in [0.2, 0.25) is 0 Å². The third-order valence-electron chi connectivity index (χ3n) is 2.81. The quantitative estimate of drug-likeness (QED) is 0.855. The predicted octanol–water partition coefficient (Wildman–Crippen LogP) is 2.95. The maximum Gasteiger partial charge on any atom is 0.261 e. The first-order valence-corrected chi connectivity index (χ1v) is 7.61. The van der Waals surface area contributed by atoms with Crippen molar-refractivity contribution in [3.8, 4) is 11.8 Å². The van der Waals surface area contributed by atoms with Crippen molar-refractivity contribution in [2.45, 2.75) is 13.5 Å². The largest absolute Gasteiger partial charge is 0.347 e. The Morgan fingerprint density at radius 1 is 1.38 bits per heavy atom. The number of aryl methyl sites for hydroxylation is 1. The summed E-state index contributed by atoms with van der Waals surface area (Å²) in [5.74, 6) is 5.68. The molecule has 0 aliphatic heterocycles. The second-order valence-corrected chi connectivity index (χ2v) is 5.93. The smallest absolute Gasteiger partial charge is 0.261 e. The van der Waals surface area contributed by atoms with Crippen LogP contribution in [-0.4, -0.2) is 12.5 Å². The predicted molar refractivity (Wildman–Crippen MR) is 87.6 cm³/mol. The molecule has 5 heteroatoms. The van der Waals surface area contributed by atoms with E-state index in [9.17, 15) is 4.79 Å². The molecule has 0 radical (unpaired) electrons. The topological polar surface area (TPSA) is 55.1 Å². The highest BCUT2D eigenvalue weighted by atomic mass is 35.5. The number of amides is 1. The molecule has 0 saturated heterocycles. The molecule has 108 valence electrons. The van der Waals surface area contributed by atoms with Gasteiger partial charge in [-0.3, -0.25) is 4.79 Å². The lowest BCUT2D eigenvalue weighted by Crippen LogP contribution is -2.21. The van der Waals surface area contributed by atoms with Gasteiger partial charge in [0.1, 0.15) is 0 Å². The second-order valence-electron chi connectivity index (χ2n) is 4.44. The molecule has 0 fully saturated rings. The Morgan fingerprint density at radius 2 is 2.10 bits per heavy atom. The fraction of sp³-hybridized carbons (Fsp3) is 0.188. The van der Waals surface area contributed by atoms with Gasteiger partial charge in [-0.05, 0) is 36.2 Å². The van der Waals surface area contributed by atoms with E-state index in [0.717, 1.165) is 16.0 Å². The molecule has 0 unspecified atom stereocenters. The molecular formula is C16H15ClN2OS. The van der Waals surface area contributed by atoms with Gasteiger partial charge in [0.25, 0.3) is 5.91 Å². The van der Waals surface area contributed by atoms with Crippen molar-refractivity contribution in [2.75, 3.05) is 6.54 Å². The maximum absolute atomic E-state index is 12.1. The summed E-state index contributed by atoms with van der Waals surface area (Å²) in [6.07, 6.45) is 0. The van der Waals surface area contributed by atoms with E-state index in [-0.39, 0.29) is 5.91 Å². The Labute approximate surface area is 133 Å². The molecule has 21 heavy (non-hydrogen) atoms. The minimum absolute atomic E-state index is 0.0983. The number of rotatable bonds is 3. The van der Waals surface area contributed by atoms with Crippen molar-refractivity contribution in [3.63, 3.8) is 0 Å². The highest BCUT2D eigenvalue weighted by Gasteiger charge is 2.11. The minimum Gasteiger partial charge on any atom is -0.347 e. The molecule has 0 aliphatic carbocycles. The van der Waals surface area contributed by atoms with Crippen molar-refractivity contribution >= 4 is 28.8 Å². The van der Waals surface area contributed by atoms with Crippen molar-refractivity contribution in [2.24, 2.45) is 5.73 Å². The van der Waals surface area contributed by atoms with Gasteiger partial charge in [0.15, 0.2) is 0 Å². The molecular weight excluding hydrogens is 304 g/mol. The number of nitrogens with one attached hydrogen (secondary N) is 1. The molecule has 2 rings (SSSR count). The molecule has 1 aromatic heterocycles. The van der Waals surface area contributed by atoms with E-state index in [1.807, 2.05) is 25.1 Å². The number of hydrogen-bond donors (Lipinski definition) is 2. The summed E-state index contributed by atoms with van der Waals surface area (Å²) in [4.78, 5) is 13.7. The van der Waals surface area contributed by atoms with Gasteiger partial charge < -0.3 is 11.1 Å². The summed E-state index contributed by atoms with van der Waals surface area (Å²) in [5.41, 5.74) is 7.36. The molecule has 1 amide bonds. The molecule has 0 saturated carbocycles. The average molecular weight is 319 g/mol. The van der Waals surface area contributed by atoms with Crippen molar-refractivity contribution in [1.29, 1.82) is 0 Å². The highest BCUT2D eigenvalue weighted by Crippen LogP contribution is 2.21. The Hall–Kier alpha value is -1.80. The summed E-state index contributed by atoms with van der Waals surface area (Å²) in [6.45, 7) is 2.72. The van der Waals surface area contributed by atoms with Crippen LogP contribution in [0.5, 0.6) is 0 Å². The first-order valence-electron chi connectivity index (χ1n) is 6.42. The van der Waals surface area contributed by atoms with Gasteiger partial charge in [-0.1, -0.05) is 35.6 Å². The Bertz CT molecular complexity index is 695. The van der Waals surface area contributed by atoms with Crippen LogP contribution in [0.3, 0.4) is 0 Å². The third kappa shape index (κ3) is 4.33. The second kappa shape index (κ2) is 7.28. The van der Waals surface area contributed by atoms with Crippen LogP contribution in [0.4, 0.5) is 0 Å². The molecule has 1 aromatic carbocycles. The van der Waals surface area contributed by atoms with E-state index in [2.05, 4.69) is 17.2 Å².